The minimum Gasteiger partial charge on any atom is -0.478 e. The van der Waals surface area contributed by atoms with E-state index in [4.69, 9.17) is 5.11 Å². The van der Waals surface area contributed by atoms with E-state index in [0.717, 1.165) is 24.2 Å². The molecule has 0 spiro atoms. The van der Waals surface area contributed by atoms with Crippen LogP contribution < -0.4 is 5.69 Å². The van der Waals surface area contributed by atoms with Crippen LogP contribution in [0.2, 0.25) is 0 Å². The van der Waals surface area contributed by atoms with Crippen LogP contribution in [0.15, 0.2) is 33.0 Å². The average molecular weight is 297 g/mol. The quantitative estimate of drug-likeness (QED) is 0.881. The van der Waals surface area contributed by atoms with E-state index in [0.29, 0.717) is 11.7 Å². The smallest absolute Gasteiger partial charge is 0.343 e. The zero-order valence-electron chi connectivity index (χ0n) is 10.6. The summed E-state index contributed by atoms with van der Waals surface area (Å²) in [6.45, 7) is 2.39. The van der Waals surface area contributed by atoms with Crippen molar-refractivity contribution in [2.75, 3.05) is 0 Å². The van der Waals surface area contributed by atoms with Crippen LogP contribution in [0.1, 0.15) is 23.7 Å². The molecule has 2 aromatic rings. The maximum absolute atomic E-state index is 13.8. The molecular weight excluding hydrogens is 285 g/mol. The molecule has 0 aliphatic heterocycles. The predicted octanol–water partition coefficient (Wildman–Crippen LogP) is 1.97. The number of rotatable bonds is 5. The van der Waals surface area contributed by atoms with Gasteiger partial charge in [-0.25, -0.2) is 19.1 Å². The molecule has 20 heavy (non-hydrogen) atoms. The van der Waals surface area contributed by atoms with Crippen LogP contribution in [0.4, 0.5) is 4.39 Å². The second-order valence-electron chi connectivity index (χ2n) is 4.02. The number of hydrogen-bond donors (Lipinski definition) is 2. The number of H-pyrrole nitrogens is 1. The first-order valence-corrected chi connectivity index (χ1v) is 6.70. The van der Waals surface area contributed by atoms with E-state index in [9.17, 15) is 14.0 Å². The molecular formula is C12H12FN3O3S. The van der Waals surface area contributed by atoms with Crippen LogP contribution >= 0.6 is 11.8 Å². The van der Waals surface area contributed by atoms with Crippen molar-refractivity contribution in [1.29, 1.82) is 0 Å². The van der Waals surface area contributed by atoms with Crippen molar-refractivity contribution in [3.8, 4) is 0 Å². The Kier molecular flexibility index (Phi) is 4.23. The highest BCUT2D eigenvalue weighted by Crippen LogP contribution is 2.28. The highest BCUT2D eigenvalue weighted by molar-refractivity contribution is 7.99. The third-order valence-electron chi connectivity index (χ3n) is 2.55. The van der Waals surface area contributed by atoms with Crippen LogP contribution in [-0.2, 0) is 6.54 Å². The number of carboxylic acid groups (broad SMARTS) is 1. The molecule has 0 saturated carbocycles. The third-order valence-corrected chi connectivity index (χ3v) is 3.60. The number of aromatic carboxylic acids is 1. The van der Waals surface area contributed by atoms with Gasteiger partial charge in [-0.1, -0.05) is 6.92 Å². The second kappa shape index (κ2) is 5.91. The molecule has 0 saturated heterocycles. The highest BCUT2D eigenvalue weighted by atomic mass is 32.2. The Morgan fingerprint density at radius 2 is 2.30 bits per heavy atom. The van der Waals surface area contributed by atoms with Crippen molar-refractivity contribution in [3.63, 3.8) is 0 Å². The number of aromatic amines is 1. The number of hydrogen-bond acceptors (Lipinski definition) is 4. The summed E-state index contributed by atoms with van der Waals surface area (Å²) >= 11 is 0.975. The molecule has 1 heterocycles. The number of carboxylic acids is 1. The fourth-order valence-corrected chi connectivity index (χ4v) is 2.48. The molecule has 106 valence electrons. The highest BCUT2D eigenvalue weighted by Gasteiger charge is 2.14. The fraction of sp³-hybridized carbons (Fsp3) is 0.250. The minimum absolute atomic E-state index is 0.125. The van der Waals surface area contributed by atoms with Gasteiger partial charge in [0.2, 0.25) is 0 Å². The van der Waals surface area contributed by atoms with E-state index in [1.807, 2.05) is 6.92 Å². The Balaban J connectivity index is 2.31. The Morgan fingerprint density at radius 3 is 2.90 bits per heavy atom. The molecule has 2 N–H and O–H groups in total. The summed E-state index contributed by atoms with van der Waals surface area (Å²) < 4.78 is 15.2. The summed E-state index contributed by atoms with van der Waals surface area (Å²) in [5, 5.41) is 15.3. The van der Waals surface area contributed by atoms with Gasteiger partial charge in [0.05, 0.1) is 10.5 Å². The Bertz CT molecular complexity index is 695. The van der Waals surface area contributed by atoms with Crippen LogP contribution in [0, 0.1) is 5.82 Å². The summed E-state index contributed by atoms with van der Waals surface area (Å²) in [7, 11) is 0. The summed E-state index contributed by atoms with van der Waals surface area (Å²) in [5.41, 5.74) is -0.475. The summed E-state index contributed by atoms with van der Waals surface area (Å²) in [5.74, 6) is -1.85. The van der Waals surface area contributed by atoms with Gasteiger partial charge in [0.1, 0.15) is 5.82 Å². The number of nitrogens with one attached hydrogen (secondary N) is 1. The summed E-state index contributed by atoms with van der Waals surface area (Å²) in [6.07, 6.45) is 0.743. The zero-order valence-corrected chi connectivity index (χ0v) is 11.4. The number of halogens is 1. The van der Waals surface area contributed by atoms with Gasteiger partial charge in [-0.3, -0.25) is 4.57 Å². The lowest BCUT2D eigenvalue weighted by molar-refractivity contribution is 0.0696. The lowest BCUT2D eigenvalue weighted by Gasteiger charge is -2.05. The van der Waals surface area contributed by atoms with Crippen molar-refractivity contribution in [2.45, 2.75) is 29.9 Å². The Hall–Kier alpha value is -2.09. The van der Waals surface area contributed by atoms with Gasteiger partial charge in [0.15, 0.2) is 5.16 Å². The molecule has 0 radical (unpaired) electrons. The first-order chi connectivity index (χ1) is 9.52. The molecule has 0 aliphatic carbocycles. The second-order valence-corrected chi connectivity index (χ2v) is 5.02. The lowest BCUT2D eigenvalue weighted by Crippen LogP contribution is -2.17. The van der Waals surface area contributed by atoms with Gasteiger partial charge in [0.25, 0.3) is 0 Å². The average Bonchev–Trinajstić information content (AvgIpc) is 2.74. The Labute approximate surface area is 117 Å². The van der Waals surface area contributed by atoms with Crippen LogP contribution in [0.5, 0.6) is 0 Å². The van der Waals surface area contributed by atoms with Crippen molar-refractivity contribution in [3.05, 3.63) is 40.1 Å². The van der Waals surface area contributed by atoms with Crippen LogP contribution in [-0.4, -0.2) is 25.8 Å². The summed E-state index contributed by atoms with van der Waals surface area (Å²) in [4.78, 5) is 22.5. The number of benzene rings is 1. The molecule has 0 aliphatic rings. The van der Waals surface area contributed by atoms with Crippen LogP contribution in [0.3, 0.4) is 0 Å². The minimum atomic E-state index is -1.19. The van der Waals surface area contributed by atoms with Crippen LogP contribution in [0.25, 0.3) is 0 Å². The number of carbonyl (C=O) groups is 1. The Morgan fingerprint density at radius 1 is 1.55 bits per heavy atom. The molecule has 0 atom stereocenters. The molecule has 0 unspecified atom stereocenters. The topological polar surface area (TPSA) is 88.0 Å². The van der Waals surface area contributed by atoms with Gasteiger partial charge < -0.3 is 5.11 Å². The molecule has 1 aromatic heterocycles. The number of aromatic nitrogens is 3. The van der Waals surface area contributed by atoms with E-state index < -0.39 is 11.8 Å². The standard InChI is InChI=1S/C12H12FN3O3S/c1-2-5-16-11(19)14-15-12(16)20-9-4-3-7(10(17)18)6-8(9)13/h3-4,6H,2,5H2,1H3,(H,14,19)(H,17,18). The fourth-order valence-electron chi connectivity index (χ4n) is 1.62. The van der Waals surface area contributed by atoms with Crippen molar-refractivity contribution >= 4 is 17.7 Å². The van der Waals surface area contributed by atoms with E-state index >= 15 is 0 Å². The van der Waals surface area contributed by atoms with E-state index in [-0.39, 0.29) is 16.1 Å². The SMILES string of the molecule is CCCn1c(Sc2ccc(C(=O)O)cc2F)n[nH]c1=O. The molecule has 1 aromatic carbocycles. The molecule has 0 amide bonds. The van der Waals surface area contributed by atoms with Gasteiger partial charge in [0, 0.05) is 6.54 Å². The normalized spacial score (nSPS) is 10.7. The van der Waals surface area contributed by atoms with Gasteiger partial charge in [-0.05, 0) is 36.4 Å². The number of nitrogens with zero attached hydrogens (tertiary/aromatic N) is 2. The maximum atomic E-state index is 13.8. The first kappa shape index (κ1) is 14.3. The van der Waals surface area contributed by atoms with Gasteiger partial charge >= 0.3 is 11.7 Å². The lowest BCUT2D eigenvalue weighted by atomic mass is 10.2. The van der Waals surface area contributed by atoms with Gasteiger partial charge in [-0.15, -0.1) is 5.10 Å². The van der Waals surface area contributed by atoms with E-state index in [2.05, 4.69) is 10.2 Å². The van der Waals surface area contributed by atoms with Crippen molar-refractivity contribution < 1.29 is 14.3 Å². The van der Waals surface area contributed by atoms with Crippen molar-refractivity contribution in [1.82, 2.24) is 14.8 Å². The third kappa shape index (κ3) is 2.90. The van der Waals surface area contributed by atoms with Gasteiger partial charge in [-0.2, -0.15) is 0 Å². The largest absolute Gasteiger partial charge is 0.478 e. The first-order valence-electron chi connectivity index (χ1n) is 5.88. The molecule has 8 heteroatoms. The maximum Gasteiger partial charge on any atom is 0.343 e. The monoisotopic (exact) mass is 297 g/mol. The predicted molar refractivity (Wildman–Crippen MR) is 70.6 cm³/mol. The molecule has 0 bridgehead atoms. The van der Waals surface area contributed by atoms with Crippen molar-refractivity contribution in [2.24, 2.45) is 0 Å². The molecule has 6 nitrogen and oxygen atoms in total. The van der Waals surface area contributed by atoms with E-state index in [1.165, 1.54) is 16.7 Å². The molecule has 2 rings (SSSR count). The van der Waals surface area contributed by atoms with E-state index in [1.54, 1.807) is 0 Å². The summed E-state index contributed by atoms with van der Waals surface area (Å²) in [6, 6.07) is 3.61. The molecule has 0 fully saturated rings. The zero-order chi connectivity index (χ0) is 14.7.